The van der Waals surface area contributed by atoms with E-state index in [0.717, 1.165) is 38.5 Å². The molecule has 1 aromatic carbocycles. The van der Waals surface area contributed by atoms with Crippen molar-refractivity contribution in [3.05, 3.63) is 29.3 Å². The van der Waals surface area contributed by atoms with Crippen LogP contribution in [0.5, 0.6) is 5.75 Å². The SMILES string of the molecule is C[C@]12CC[C@@H]3c4ccc(O[C@@H]5O[C@H](CO)[C@@H](O)[C@H](O)[C@H]5O)cc4CC[C@H]3[C@@H]1CC[C@@H]2O. The lowest BCUT2D eigenvalue weighted by atomic mass is 9.55. The van der Waals surface area contributed by atoms with E-state index in [-0.39, 0.29) is 11.5 Å². The molecule has 3 fully saturated rings. The second kappa shape index (κ2) is 7.97. The van der Waals surface area contributed by atoms with Crippen molar-refractivity contribution in [1.82, 2.24) is 0 Å². The summed E-state index contributed by atoms with van der Waals surface area (Å²) in [5, 5.41) is 50.1. The highest BCUT2D eigenvalue weighted by atomic mass is 16.7. The lowest BCUT2D eigenvalue weighted by Gasteiger charge is -2.50. The number of benzene rings is 1. The van der Waals surface area contributed by atoms with Gasteiger partial charge in [-0.05, 0) is 85.0 Å². The Morgan fingerprint density at radius 3 is 2.61 bits per heavy atom. The first-order valence-electron chi connectivity index (χ1n) is 11.6. The van der Waals surface area contributed by atoms with Crippen LogP contribution in [0, 0.1) is 17.3 Å². The molecule has 172 valence electrons. The van der Waals surface area contributed by atoms with Gasteiger partial charge in [0.15, 0.2) is 0 Å². The van der Waals surface area contributed by atoms with Gasteiger partial charge in [0.05, 0.1) is 12.7 Å². The summed E-state index contributed by atoms with van der Waals surface area (Å²) < 4.78 is 11.3. The minimum Gasteiger partial charge on any atom is -0.462 e. The van der Waals surface area contributed by atoms with Gasteiger partial charge in [0.25, 0.3) is 0 Å². The van der Waals surface area contributed by atoms with E-state index in [4.69, 9.17) is 9.47 Å². The van der Waals surface area contributed by atoms with Crippen molar-refractivity contribution in [2.75, 3.05) is 6.61 Å². The molecular weight excluding hydrogens is 400 g/mol. The largest absolute Gasteiger partial charge is 0.462 e. The number of hydrogen-bond acceptors (Lipinski definition) is 7. The van der Waals surface area contributed by atoms with Crippen LogP contribution in [0.3, 0.4) is 0 Å². The maximum absolute atomic E-state index is 10.6. The summed E-state index contributed by atoms with van der Waals surface area (Å²) in [7, 11) is 0. The summed E-state index contributed by atoms with van der Waals surface area (Å²) in [5.74, 6) is 2.24. The molecule has 0 radical (unpaired) electrons. The predicted octanol–water partition coefficient (Wildman–Crippen LogP) is 1.08. The van der Waals surface area contributed by atoms with E-state index < -0.39 is 37.3 Å². The summed E-state index contributed by atoms with van der Waals surface area (Å²) in [6, 6.07) is 5.98. The first-order valence-corrected chi connectivity index (χ1v) is 11.6. The summed E-state index contributed by atoms with van der Waals surface area (Å²) in [6.07, 6.45) is -0.344. The van der Waals surface area contributed by atoms with Crippen molar-refractivity contribution in [3.8, 4) is 5.75 Å². The lowest BCUT2D eigenvalue weighted by Crippen LogP contribution is -2.60. The lowest BCUT2D eigenvalue weighted by molar-refractivity contribution is -0.277. The highest BCUT2D eigenvalue weighted by Crippen LogP contribution is 2.60. The summed E-state index contributed by atoms with van der Waals surface area (Å²) in [4.78, 5) is 0. The Balaban J connectivity index is 1.34. The van der Waals surface area contributed by atoms with Gasteiger partial charge in [-0.25, -0.2) is 0 Å². The Morgan fingerprint density at radius 1 is 1.03 bits per heavy atom. The van der Waals surface area contributed by atoms with Crippen LogP contribution in [0.2, 0.25) is 0 Å². The van der Waals surface area contributed by atoms with Gasteiger partial charge in [0, 0.05) is 0 Å². The van der Waals surface area contributed by atoms with Crippen LogP contribution in [0.25, 0.3) is 0 Å². The van der Waals surface area contributed by atoms with Crippen molar-refractivity contribution in [3.63, 3.8) is 0 Å². The van der Waals surface area contributed by atoms with Gasteiger partial charge in [-0.2, -0.15) is 0 Å². The fraction of sp³-hybridized carbons (Fsp3) is 0.750. The average molecular weight is 435 g/mol. The topological polar surface area (TPSA) is 120 Å². The molecule has 1 saturated heterocycles. The smallest absolute Gasteiger partial charge is 0.229 e. The van der Waals surface area contributed by atoms with Crippen LogP contribution in [-0.2, 0) is 11.2 Å². The molecule has 1 aliphatic heterocycles. The fourth-order valence-corrected chi connectivity index (χ4v) is 6.90. The van der Waals surface area contributed by atoms with E-state index in [0.29, 0.717) is 23.5 Å². The Morgan fingerprint density at radius 2 is 1.84 bits per heavy atom. The first kappa shape index (κ1) is 21.6. The fourth-order valence-electron chi connectivity index (χ4n) is 6.90. The molecule has 7 heteroatoms. The highest BCUT2D eigenvalue weighted by Gasteiger charge is 2.54. The molecule has 7 nitrogen and oxygen atoms in total. The zero-order valence-corrected chi connectivity index (χ0v) is 17.9. The molecule has 1 aromatic rings. The van der Waals surface area contributed by atoms with Crippen LogP contribution in [0.4, 0.5) is 0 Å². The zero-order chi connectivity index (χ0) is 21.9. The Hall–Kier alpha value is -1.22. The molecule has 31 heavy (non-hydrogen) atoms. The molecule has 10 atom stereocenters. The Kier molecular flexibility index (Phi) is 5.56. The van der Waals surface area contributed by atoms with Gasteiger partial charge in [0.2, 0.25) is 6.29 Å². The van der Waals surface area contributed by atoms with Gasteiger partial charge in [-0.15, -0.1) is 0 Å². The number of fused-ring (bicyclic) bond motifs is 5. The molecular formula is C24H34O7. The van der Waals surface area contributed by atoms with Crippen molar-refractivity contribution in [2.45, 2.75) is 88.2 Å². The number of aliphatic hydroxyl groups excluding tert-OH is 5. The number of aryl methyl sites for hydroxylation is 1. The Bertz CT molecular complexity index is 813. The van der Waals surface area contributed by atoms with E-state index >= 15 is 0 Å². The molecule has 0 spiro atoms. The van der Waals surface area contributed by atoms with Gasteiger partial charge in [-0.1, -0.05) is 13.0 Å². The molecule has 2 saturated carbocycles. The molecule has 5 N–H and O–H groups in total. The maximum Gasteiger partial charge on any atom is 0.229 e. The number of rotatable bonds is 3. The molecule has 0 unspecified atom stereocenters. The molecule has 5 rings (SSSR count). The van der Waals surface area contributed by atoms with Crippen molar-refractivity contribution in [1.29, 1.82) is 0 Å². The third-order valence-electron chi connectivity index (χ3n) is 8.75. The predicted molar refractivity (Wildman–Crippen MR) is 111 cm³/mol. The van der Waals surface area contributed by atoms with Crippen molar-refractivity contribution < 1.29 is 35.0 Å². The third kappa shape index (κ3) is 3.41. The minimum atomic E-state index is -1.45. The van der Waals surface area contributed by atoms with E-state index in [1.54, 1.807) is 0 Å². The van der Waals surface area contributed by atoms with Gasteiger partial charge < -0.3 is 35.0 Å². The molecule has 1 heterocycles. The molecule has 0 aromatic heterocycles. The van der Waals surface area contributed by atoms with Gasteiger partial charge >= 0.3 is 0 Å². The van der Waals surface area contributed by atoms with Crippen molar-refractivity contribution >= 4 is 0 Å². The highest BCUT2D eigenvalue weighted by molar-refractivity contribution is 5.41. The Labute approximate surface area is 182 Å². The normalized spacial score (nSPS) is 46.7. The van der Waals surface area contributed by atoms with E-state index in [9.17, 15) is 25.5 Å². The molecule has 4 aliphatic rings. The third-order valence-corrected chi connectivity index (χ3v) is 8.75. The second-order valence-corrected chi connectivity index (χ2v) is 10.2. The van der Waals surface area contributed by atoms with Gasteiger partial charge in [0.1, 0.15) is 30.2 Å². The van der Waals surface area contributed by atoms with E-state index in [2.05, 4.69) is 13.0 Å². The molecule has 0 amide bonds. The van der Waals surface area contributed by atoms with Gasteiger partial charge in [-0.3, -0.25) is 0 Å². The second-order valence-electron chi connectivity index (χ2n) is 10.2. The van der Waals surface area contributed by atoms with Crippen LogP contribution in [0.1, 0.15) is 56.1 Å². The monoisotopic (exact) mass is 434 g/mol. The van der Waals surface area contributed by atoms with Crippen LogP contribution in [0.15, 0.2) is 18.2 Å². The number of hydrogen-bond donors (Lipinski definition) is 5. The summed E-state index contributed by atoms with van der Waals surface area (Å²) in [5.41, 5.74) is 2.66. The number of aliphatic hydroxyl groups is 5. The van der Waals surface area contributed by atoms with E-state index in [1.807, 2.05) is 12.1 Å². The summed E-state index contributed by atoms with van der Waals surface area (Å²) >= 11 is 0. The molecule has 0 bridgehead atoms. The maximum atomic E-state index is 10.6. The van der Waals surface area contributed by atoms with Crippen LogP contribution < -0.4 is 4.74 Å². The first-order chi connectivity index (χ1) is 14.8. The standard InChI is InChI=1S/C24H34O7/c1-24-9-8-15-14-5-3-13(30-23-22(29)21(28)20(27)18(11-25)31-23)10-12(14)2-4-16(15)17(24)6-7-19(24)26/h3,5,10,15-23,25-29H,2,4,6-9,11H2,1H3/t15-,16-,17+,18-,19+,20-,21+,22-,23-,24+/m1/s1. The minimum absolute atomic E-state index is 0.0603. The average Bonchev–Trinajstić information content (AvgIpc) is 3.08. The summed E-state index contributed by atoms with van der Waals surface area (Å²) in [6.45, 7) is 1.80. The quantitative estimate of drug-likeness (QED) is 0.483. The number of ether oxygens (including phenoxy) is 2. The zero-order valence-electron chi connectivity index (χ0n) is 17.9. The molecule has 3 aliphatic carbocycles. The van der Waals surface area contributed by atoms with Crippen molar-refractivity contribution in [2.24, 2.45) is 17.3 Å². The van der Waals surface area contributed by atoms with E-state index in [1.165, 1.54) is 11.1 Å². The van der Waals surface area contributed by atoms with Crippen LogP contribution in [-0.4, -0.2) is 68.9 Å². The van der Waals surface area contributed by atoms with Crippen LogP contribution >= 0.6 is 0 Å².